The summed E-state index contributed by atoms with van der Waals surface area (Å²) < 4.78 is 16.3. The van der Waals surface area contributed by atoms with E-state index in [1.165, 1.54) is 77.2 Å². The Labute approximate surface area is 269 Å². The average Bonchev–Trinajstić information content (AvgIpc) is 3.58. The van der Waals surface area contributed by atoms with Crippen LogP contribution >= 0.6 is 0 Å². The Balaban J connectivity index is 1.42. The van der Waals surface area contributed by atoms with E-state index in [1.807, 2.05) is 0 Å². The Morgan fingerprint density at radius 3 is 2.11 bits per heavy atom. The highest BCUT2D eigenvalue weighted by Gasteiger charge is 2.54. The zero-order chi connectivity index (χ0) is 31.2. The monoisotopic (exact) mass is 595 g/mol. The van der Waals surface area contributed by atoms with Crippen LogP contribution in [0.2, 0.25) is 0 Å². The smallest absolute Gasteiger partial charge is 0.399 e. The molecular formula is C42H34BNO2. The van der Waals surface area contributed by atoms with Gasteiger partial charge in [0.1, 0.15) is 0 Å². The lowest BCUT2D eigenvalue weighted by Crippen LogP contribution is -2.41. The van der Waals surface area contributed by atoms with Crippen molar-refractivity contribution in [1.82, 2.24) is 4.57 Å². The maximum atomic E-state index is 6.87. The second-order valence-corrected chi connectivity index (χ2v) is 14.5. The van der Waals surface area contributed by atoms with E-state index in [-0.39, 0.29) is 0 Å². The number of nitrogens with zero attached hydrogens (tertiary/aromatic N) is 1. The van der Waals surface area contributed by atoms with E-state index < -0.39 is 23.7 Å². The van der Waals surface area contributed by atoms with Crippen molar-refractivity contribution in [2.45, 2.75) is 51.2 Å². The molecule has 3 aliphatic rings. The molecule has 0 spiro atoms. The van der Waals surface area contributed by atoms with Crippen LogP contribution in [0.3, 0.4) is 0 Å². The van der Waals surface area contributed by atoms with Crippen molar-refractivity contribution >= 4 is 45.2 Å². The van der Waals surface area contributed by atoms with Crippen molar-refractivity contribution in [2.75, 3.05) is 0 Å². The molecule has 7 aromatic rings. The fourth-order valence-corrected chi connectivity index (χ4v) is 8.57. The van der Waals surface area contributed by atoms with Crippen molar-refractivity contribution in [3.05, 3.63) is 132 Å². The van der Waals surface area contributed by atoms with E-state index >= 15 is 0 Å². The van der Waals surface area contributed by atoms with Gasteiger partial charge < -0.3 is 13.9 Å². The van der Waals surface area contributed by atoms with Gasteiger partial charge in [0.2, 0.25) is 0 Å². The first-order chi connectivity index (χ1) is 22.2. The summed E-state index contributed by atoms with van der Waals surface area (Å²) >= 11 is 0. The highest BCUT2D eigenvalue weighted by molar-refractivity contribution is 6.66. The SMILES string of the molecule is CC1(c2ccc3ccccc3c2)c2cccc3c2-c2c1cc(B1OC(C)(C)C(C)(C)O1)c1c4ccccc4n(c21)-c1ccccc1-3. The normalized spacial score (nSPS) is 20.1. The molecule has 1 saturated heterocycles. The maximum Gasteiger partial charge on any atom is 0.495 e. The van der Waals surface area contributed by atoms with Gasteiger partial charge in [0, 0.05) is 27.3 Å². The first-order valence-electron chi connectivity index (χ1n) is 16.4. The highest BCUT2D eigenvalue weighted by Crippen LogP contribution is 2.60. The molecule has 1 atom stereocenters. The molecule has 1 aromatic heterocycles. The third kappa shape index (κ3) is 3.12. The number of rotatable bonds is 2. The molecule has 0 radical (unpaired) electrons. The van der Waals surface area contributed by atoms with Crippen LogP contribution in [0.25, 0.3) is 60.5 Å². The molecule has 0 N–H and O–H groups in total. The number of para-hydroxylation sites is 2. The third-order valence-electron chi connectivity index (χ3n) is 11.6. The summed E-state index contributed by atoms with van der Waals surface area (Å²) in [5.41, 5.74) is 12.6. The average molecular weight is 596 g/mol. The van der Waals surface area contributed by atoms with E-state index in [9.17, 15) is 0 Å². The first kappa shape index (κ1) is 26.6. The molecular weight excluding hydrogens is 561 g/mol. The predicted octanol–water partition coefficient (Wildman–Crippen LogP) is 9.55. The lowest BCUT2D eigenvalue weighted by atomic mass is 9.69. The van der Waals surface area contributed by atoms with Crippen molar-refractivity contribution in [3.63, 3.8) is 0 Å². The van der Waals surface area contributed by atoms with Gasteiger partial charge in [-0.25, -0.2) is 0 Å². The molecule has 6 aromatic carbocycles. The van der Waals surface area contributed by atoms with Crippen molar-refractivity contribution in [2.24, 2.45) is 0 Å². The van der Waals surface area contributed by atoms with Crippen molar-refractivity contribution < 1.29 is 9.31 Å². The quantitative estimate of drug-likeness (QED) is 0.186. The zero-order valence-corrected chi connectivity index (χ0v) is 26.8. The van der Waals surface area contributed by atoms with Gasteiger partial charge in [-0.2, -0.15) is 0 Å². The van der Waals surface area contributed by atoms with E-state index in [0.717, 1.165) is 5.46 Å². The summed E-state index contributed by atoms with van der Waals surface area (Å²) in [6.07, 6.45) is 0. The van der Waals surface area contributed by atoms with Gasteiger partial charge >= 0.3 is 7.12 Å². The van der Waals surface area contributed by atoms with E-state index in [0.29, 0.717) is 0 Å². The molecule has 0 bridgehead atoms. The minimum atomic E-state index is -0.503. The molecule has 0 amide bonds. The van der Waals surface area contributed by atoms with Crippen LogP contribution in [0.4, 0.5) is 0 Å². The van der Waals surface area contributed by atoms with Gasteiger partial charge in [-0.15, -0.1) is 0 Å². The topological polar surface area (TPSA) is 23.4 Å². The van der Waals surface area contributed by atoms with Gasteiger partial charge in [-0.3, -0.25) is 0 Å². The van der Waals surface area contributed by atoms with E-state index in [1.54, 1.807) is 0 Å². The second-order valence-electron chi connectivity index (χ2n) is 14.5. The lowest BCUT2D eigenvalue weighted by molar-refractivity contribution is 0.00578. The molecule has 2 aliphatic heterocycles. The number of benzene rings is 6. The fourth-order valence-electron chi connectivity index (χ4n) is 8.57. The summed E-state index contributed by atoms with van der Waals surface area (Å²) in [6.45, 7) is 11.0. The van der Waals surface area contributed by atoms with Gasteiger partial charge in [0.15, 0.2) is 0 Å². The summed E-state index contributed by atoms with van der Waals surface area (Å²) in [5, 5.41) is 4.95. The fraction of sp³-hybridized carbons (Fsp3) is 0.190. The van der Waals surface area contributed by atoms with Crippen LogP contribution in [0, 0.1) is 0 Å². The highest BCUT2D eigenvalue weighted by atomic mass is 16.7. The molecule has 222 valence electrons. The van der Waals surface area contributed by atoms with Crippen LogP contribution in [0.5, 0.6) is 0 Å². The van der Waals surface area contributed by atoms with Gasteiger partial charge in [0.05, 0.1) is 27.9 Å². The third-order valence-corrected chi connectivity index (χ3v) is 11.6. The molecule has 10 rings (SSSR count). The van der Waals surface area contributed by atoms with Crippen molar-refractivity contribution in [1.29, 1.82) is 0 Å². The minimum absolute atomic E-state index is 0.398. The summed E-state index contributed by atoms with van der Waals surface area (Å²) in [6, 6.07) is 42.8. The Kier molecular flexibility index (Phi) is 4.96. The molecule has 3 nitrogen and oxygen atoms in total. The van der Waals surface area contributed by atoms with Crippen LogP contribution in [0.1, 0.15) is 51.3 Å². The van der Waals surface area contributed by atoms with Crippen LogP contribution < -0.4 is 5.46 Å². The van der Waals surface area contributed by atoms with Crippen molar-refractivity contribution in [3.8, 4) is 27.9 Å². The molecule has 1 fully saturated rings. The summed E-state index contributed by atoms with van der Waals surface area (Å²) in [7, 11) is -0.503. The summed E-state index contributed by atoms with van der Waals surface area (Å²) in [5.74, 6) is 0. The molecule has 1 aliphatic carbocycles. The number of hydrogen-bond donors (Lipinski definition) is 0. The van der Waals surface area contributed by atoms with Gasteiger partial charge in [-0.1, -0.05) is 97.1 Å². The van der Waals surface area contributed by atoms with Crippen LogP contribution in [0.15, 0.2) is 115 Å². The second kappa shape index (κ2) is 8.58. The standard InChI is InChI=1S/C42H34BNO2/c1-40(2)41(3,4)46-43(45-40)33-24-32-38-36-29(17-12-18-31(36)42(32,5)27-22-21-25-13-6-7-14-26(25)23-27)28-15-8-10-19-34(28)44-35-20-11-9-16-30(35)37(33)39(38)44/h6-24H,1-5H3. The predicted molar refractivity (Wildman–Crippen MR) is 190 cm³/mol. The zero-order valence-electron chi connectivity index (χ0n) is 26.8. The van der Waals surface area contributed by atoms with Gasteiger partial charge in [-0.05, 0) is 96.9 Å². The summed E-state index contributed by atoms with van der Waals surface area (Å²) in [4.78, 5) is 0. The maximum absolute atomic E-state index is 6.87. The molecule has 0 saturated carbocycles. The van der Waals surface area contributed by atoms with Crippen LogP contribution in [-0.2, 0) is 14.7 Å². The molecule has 1 unspecified atom stereocenters. The van der Waals surface area contributed by atoms with E-state index in [2.05, 4.69) is 154 Å². The van der Waals surface area contributed by atoms with Crippen LogP contribution in [-0.4, -0.2) is 22.9 Å². The minimum Gasteiger partial charge on any atom is -0.399 e. The Morgan fingerprint density at radius 2 is 1.28 bits per heavy atom. The van der Waals surface area contributed by atoms with E-state index in [4.69, 9.17) is 9.31 Å². The molecule has 46 heavy (non-hydrogen) atoms. The Hall–Kier alpha value is -4.64. The largest absolute Gasteiger partial charge is 0.495 e. The lowest BCUT2D eigenvalue weighted by Gasteiger charge is -2.32. The number of aromatic nitrogens is 1. The Morgan fingerprint density at radius 1 is 0.587 bits per heavy atom. The number of fused-ring (bicyclic) bond motifs is 7. The first-order valence-corrected chi connectivity index (χ1v) is 16.4. The number of hydrogen-bond acceptors (Lipinski definition) is 2. The van der Waals surface area contributed by atoms with Gasteiger partial charge in [0.25, 0.3) is 0 Å². The molecule has 4 heteroatoms. The molecule has 3 heterocycles. The Bertz CT molecular complexity index is 2450.